The summed E-state index contributed by atoms with van der Waals surface area (Å²) < 4.78 is 5.25. The number of hydrogen-bond acceptors (Lipinski definition) is 2. The molecule has 4 aliphatic rings. The summed E-state index contributed by atoms with van der Waals surface area (Å²) in [6, 6.07) is 0. The van der Waals surface area contributed by atoms with Crippen molar-refractivity contribution in [3.63, 3.8) is 0 Å². The molecular formula is C12H18O2. The highest BCUT2D eigenvalue weighted by atomic mass is 16.5. The van der Waals surface area contributed by atoms with Crippen LogP contribution in [0.2, 0.25) is 0 Å². The van der Waals surface area contributed by atoms with Gasteiger partial charge in [-0.25, -0.2) is 0 Å². The van der Waals surface area contributed by atoms with Crippen molar-refractivity contribution in [2.45, 2.75) is 27.2 Å². The Morgan fingerprint density at radius 3 is 2.57 bits per heavy atom. The largest absolute Gasteiger partial charge is 0.466 e. The Labute approximate surface area is 85.0 Å². The molecule has 6 atom stereocenters. The van der Waals surface area contributed by atoms with Crippen LogP contribution < -0.4 is 0 Å². The van der Waals surface area contributed by atoms with Crippen LogP contribution in [0.3, 0.4) is 0 Å². The molecule has 0 heterocycles. The van der Waals surface area contributed by atoms with Crippen LogP contribution in [0.25, 0.3) is 0 Å². The first-order chi connectivity index (χ1) is 6.65. The zero-order valence-corrected chi connectivity index (χ0v) is 9.12. The highest BCUT2D eigenvalue weighted by Gasteiger charge is 2.84. The maximum Gasteiger partial charge on any atom is 0.312 e. The number of ether oxygens (including phenoxy) is 1. The van der Waals surface area contributed by atoms with Crippen molar-refractivity contribution in [3.8, 4) is 0 Å². The highest BCUT2D eigenvalue weighted by molar-refractivity contribution is 5.84. The topological polar surface area (TPSA) is 26.3 Å². The normalized spacial score (nSPS) is 57.5. The Bertz CT molecular complexity index is 295. The highest BCUT2D eigenvalue weighted by Crippen LogP contribution is 2.83. The van der Waals surface area contributed by atoms with Crippen LogP contribution in [-0.4, -0.2) is 12.6 Å². The smallest absolute Gasteiger partial charge is 0.312 e. The second kappa shape index (κ2) is 2.34. The van der Waals surface area contributed by atoms with Gasteiger partial charge in [0.15, 0.2) is 0 Å². The SMILES string of the molecule is CCOC(=O)C12C(C)C3CC1C2C3C. The molecule has 4 saturated carbocycles. The summed E-state index contributed by atoms with van der Waals surface area (Å²) in [5.41, 5.74) is -0.0277. The first-order valence-corrected chi connectivity index (χ1v) is 5.82. The molecule has 0 aromatic carbocycles. The summed E-state index contributed by atoms with van der Waals surface area (Å²) in [7, 11) is 0. The van der Waals surface area contributed by atoms with E-state index in [0.717, 1.165) is 11.8 Å². The molecule has 6 unspecified atom stereocenters. The van der Waals surface area contributed by atoms with Crippen molar-refractivity contribution in [2.24, 2.45) is 35.0 Å². The van der Waals surface area contributed by atoms with E-state index in [4.69, 9.17) is 4.74 Å². The van der Waals surface area contributed by atoms with Gasteiger partial charge in [0.05, 0.1) is 12.0 Å². The third-order valence-electron chi connectivity index (χ3n) is 5.28. The van der Waals surface area contributed by atoms with Gasteiger partial charge in [0.2, 0.25) is 0 Å². The lowest BCUT2D eigenvalue weighted by atomic mass is 9.90. The Hall–Kier alpha value is -0.530. The molecule has 0 radical (unpaired) electrons. The lowest BCUT2D eigenvalue weighted by Gasteiger charge is -2.17. The fourth-order valence-electron chi connectivity index (χ4n) is 4.81. The third-order valence-corrected chi connectivity index (χ3v) is 5.28. The van der Waals surface area contributed by atoms with E-state index in [2.05, 4.69) is 13.8 Å². The van der Waals surface area contributed by atoms with Crippen molar-refractivity contribution >= 4 is 5.97 Å². The molecule has 2 nitrogen and oxygen atoms in total. The molecular weight excluding hydrogens is 176 g/mol. The van der Waals surface area contributed by atoms with Crippen molar-refractivity contribution in [1.29, 1.82) is 0 Å². The van der Waals surface area contributed by atoms with Crippen LogP contribution in [0.5, 0.6) is 0 Å². The molecule has 0 aromatic rings. The quantitative estimate of drug-likeness (QED) is 0.629. The van der Waals surface area contributed by atoms with Crippen LogP contribution in [0.1, 0.15) is 27.2 Å². The van der Waals surface area contributed by atoms with Crippen LogP contribution in [0.4, 0.5) is 0 Å². The predicted molar refractivity (Wildman–Crippen MR) is 52.5 cm³/mol. The van der Waals surface area contributed by atoms with Gasteiger partial charge in [0.1, 0.15) is 0 Å². The minimum atomic E-state index is -0.0277. The molecule has 14 heavy (non-hydrogen) atoms. The van der Waals surface area contributed by atoms with Crippen molar-refractivity contribution in [2.75, 3.05) is 6.61 Å². The van der Waals surface area contributed by atoms with Gasteiger partial charge in [-0.3, -0.25) is 4.79 Å². The predicted octanol–water partition coefficient (Wildman–Crippen LogP) is 2.09. The second-order valence-corrected chi connectivity index (χ2v) is 5.33. The molecule has 4 fully saturated rings. The molecule has 2 heteroatoms. The van der Waals surface area contributed by atoms with E-state index in [-0.39, 0.29) is 11.4 Å². The van der Waals surface area contributed by atoms with Gasteiger partial charge in [0.25, 0.3) is 0 Å². The summed E-state index contributed by atoms with van der Waals surface area (Å²) in [4.78, 5) is 12.0. The first-order valence-electron chi connectivity index (χ1n) is 5.82. The zero-order chi connectivity index (χ0) is 10.1. The second-order valence-electron chi connectivity index (χ2n) is 5.33. The van der Waals surface area contributed by atoms with E-state index < -0.39 is 0 Å². The fourth-order valence-corrected chi connectivity index (χ4v) is 4.81. The summed E-state index contributed by atoms with van der Waals surface area (Å²) in [6.07, 6.45) is 1.28. The Morgan fingerprint density at radius 2 is 2.21 bits per heavy atom. The summed E-state index contributed by atoms with van der Waals surface area (Å²) in [5.74, 6) is 3.59. The first kappa shape index (κ1) is 8.75. The molecule has 0 amide bonds. The molecule has 0 N–H and O–H groups in total. The van der Waals surface area contributed by atoms with Gasteiger partial charge >= 0.3 is 5.97 Å². The molecule has 4 aliphatic carbocycles. The van der Waals surface area contributed by atoms with Crippen molar-refractivity contribution < 1.29 is 9.53 Å². The van der Waals surface area contributed by atoms with Gasteiger partial charge in [-0.1, -0.05) is 13.8 Å². The number of hydrogen-bond donors (Lipinski definition) is 0. The van der Waals surface area contributed by atoms with E-state index in [1.807, 2.05) is 6.92 Å². The molecule has 0 aromatic heterocycles. The summed E-state index contributed by atoms with van der Waals surface area (Å²) >= 11 is 0. The van der Waals surface area contributed by atoms with Gasteiger partial charge in [-0.05, 0) is 42.9 Å². The molecule has 0 spiro atoms. The zero-order valence-electron chi connectivity index (χ0n) is 9.12. The van der Waals surface area contributed by atoms with Crippen LogP contribution in [0, 0.1) is 35.0 Å². The van der Waals surface area contributed by atoms with E-state index in [1.165, 1.54) is 6.42 Å². The van der Waals surface area contributed by atoms with E-state index in [9.17, 15) is 4.79 Å². The maximum absolute atomic E-state index is 12.0. The minimum Gasteiger partial charge on any atom is -0.466 e. The van der Waals surface area contributed by atoms with Crippen molar-refractivity contribution in [3.05, 3.63) is 0 Å². The number of carbonyl (C=O) groups is 1. The Kier molecular flexibility index (Phi) is 1.46. The van der Waals surface area contributed by atoms with Gasteiger partial charge in [-0.15, -0.1) is 0 Å². The number of rotatable bonds is 2. The van der Waals surface area contributed by atoms with Gasteiger partial charge < -0.3 is 4.74 Å². The Morgan fingerprint density at radius 1 is 1.50 bits per heavy atom. The standard InChI is InChI=1S/C12H18O2/c1-4-14-11(13)12-7(3)8-5-9(12)10(12)6(8)2/h6-10H,4-5H2,1-3H3. The molecule has 0 aliphatic heterocycles. The summed E-state index contributed by atoms with van der Waals surface area (Å²) in [5, 5.41) is 0. The maximum atomic E-state index is 12.0. The van der Waals surface area contributed by atoms with E-state index >= 15 is 0 Å². The lowest BCUT2D eigenvalue weighted by Crippen LogP contribution is -2.25. The third kappa shape index (κ3) is 0.636. The number of esters is 1. The van der Waals surface area contributed by atoms with Crippen LogP contribution in [-0.2, 0) is 9.53 Å². The average Bonchev–Trinajstić information content (AvgIpc) is 2.44. The minimum absolute atomic E-state index is 0.0277. The lowest BCUT2D eigenvalue weighted by molar-refractivity contribution is -0.151. The van der Waals surface area contributed by atoms with E-state index in [1.54, 1.807) is 0 Å². The van der Waals surface area contributed by atoms with Crippen LogP contribution in [0.15, 0.2) is 0 Å². The molecule has 4 rings (SSSR count). The molecule has 4 bridgehead atoms. The van der Waals surface area contributed by atoms with E-state index in [0.29, 0.717) is 24.4 Å². The monoisotopic (exact) mass is 194 g/mol. The number of carbonyl (C=O) groups excluding carboxylic acids is 1. The molecule has 78 valence electrons. The van der Waals surface area contributed by atoms with Gasteiger partial charge in [-0.2, -0.15) is 0 Å². The summed E-state index contributed by atoms with van der Waals surface area (Å²) in [6.45, 7) is 7.01. The Balaban J connectivity index is 1.91. The van der Waals surface area contributed by atoms with Gasteiger partial charge in [0, 0.05) is 0 Å². The fraction of sp³-hybridized carbons (Fsp3) is 0.917. The average molecular weight is 194 g/mol. The van der Waals surface area contributed by atoms with Crippen molar-refractivity contribution in [1.82, 2.24) is 0 Å². The molecule has 0 saturated heterocycles. The van der Waals surface area contributed by atoms with Crippen LogP contribution >= 0.6 is 0 Å².